The predicted octanol–water partition coefficient (Wildman–Crippen LogP) is 2.24. The average Bonchev–Trinajstić information content (AvgIpc) is 2.25. The first kappa shape index (κ1) is 11.3. The van der Waals surface area contributed by atoms with E-state index in [9.17, 15) is 0 Å². The van der Waals surface area contributed by atoms with Crippen LogP contribution in [0, 0.1) is 0 Å². The van der Waals surface area contributed by atoms with Gasteiger partial charge >= 0.3 is 0 Å². The van der Waals surface area contributed by atoms with Gasteiger partial charge in [0.15, 0.2) is 0 Å². The second-order valence-electron chi connectivity index (χ2n) is 2.83. The molecule has 0 saturated heterocycles. The number of pyridine rings is 1. The van der Waals surface area contributed by atoms with E-state index in [2.05, 4.69) is 4.98 Å². The van der Waals surface area contributed by atoms with Gasteiger partial charge in [0.1, 0.15) is 0 Å². The third-order valence-corrected chi connectivity index (χ3v) is 2.00. The maximum Gasteiger partial charge on any atom is 0.213 e. The van der Waals surface area contributed by atoms with Gasteiger partial charge in [-0.05, 0) is 5.56 Å². The average molecular weight is 216 g/mol. The predicted molar refractivity (Wildman–Crippen MR) is 55.8 cm³/mol. The molecule has 0 atom stereocenters. The third-order valence-electron chi connectivity index (χ3n) is 1.69. The molecule has 0 unspecified atom stereocenters. The molecule has 0 aliphatic rings. The first-order valence-electron chi connectivity index (χ1n) is 4.49. The maximum atomic E-state index is 5.63. The van der Waals surface area contributed by atoms with Crippen LogP contribution < -0.4 is 4.74 Å². The fourth-order valence-corrected chi connectivity index (χ4v) is 1.11. The Morgan fingerprint density at radius 3 is 2.79 bits per heavy atom. The highest BCUT2D eigenvalue weighted by Gasteiger charge is 1.95. The number of rotatable bonds is 6. The van der Waals surface area contributed by atoms with Crippen molar-refractivity contribution >= 4 is 11.6 Å². The zero-order valence-corrected chi connectivity index (χ0v) is 8.96. The van der Waals surface area contributed by atoms with E-state index < -0.39 is 0 Å². The summed E-state index contributed by atoms with van der Waals surface area (Å²) in [6.07, 6.45) is 2.59. The zero-order valence-electron chi connectivity index (χ0n) is 8.20. The summed E-state index contributed by atoms with van der Waals surface area (Å²) in [5.41, 5.74) is 0.996. The Labute approximate surface area is 89.0 Å². The molecule has 78 valence electrons. The number of alkyl halides is 1. The standard InChI is InChI=1S/C10H14ClNO2/c1-13-5-2-6-14-10-4-3-9(7-11)8-12-10/h3-4,8H,2,5-7H2,1H3. The van der Waals surface area contributed by atoms with Crippen LogP contribution in [0.5, 0.6) is 5.88 Å². The Kier molecular flexibility index (Phi) is 5.33. The topological polar surface area (TPSA) is 31.4 Å². The lowest BCUT2D eigenvalue weighted by atomic mass is 10.3. The van der Waals surface area contributed by atoms with Crippen LogP contribution in [0.2, 0.25) is 0 Å². The van der Waals surface area contributed by atoms with Crippen molar-refractivity contribution in [1.82, 2.24) is 4.98 Å². The monoisotopic (exact) mass is 215 g/mol. The lowest BCUT2D eigenvalue weighted by Crippen LogP contribution is -2.02. The molecule has 1 aromatic heterocycles. The number of hydrogen-bond donors (Lipinski definition) is 0. The number of methoxy groups -OCH3 is 1. The van der Waals surface area contributed by atoms with Crippen LogP contribution in [0.15, 0.2) is 18.3 Å². The molecule has 1 aromatic rings. The van der Waals surface area contributed by atoms with Gasteiger partial charge in [-0.2, -0.15) is 0 Å². The summed E-state index contributed by atoms with van der Waals surface area (Å²) in [7, 11) is 1.67. The molecular weight excluding hydrogens is 202 g/mol. The molecule has 0 aliphatic carbocycles. The molecule has 0 N–H and O–H groups in total. The van der Waals surface area contributed by atoms with Gasteiger partial charge in [0.2, 0.25) is 5.88 Å². The third kappa shape index (κ3) is 3.94. The lowest BCUT2D eigenvalue weighted by Gasteiger charge is -2.04. The van der Waals surface area contributed by atoms with Crippen LogP contribution >= 0.6 is 11.6 Å². The van der Waals surface area contributed by atoms with Crippen molar-refractivity contribution in [3.63, 3.8) is 0 Å². The fraction of sp³-hybridized carbons (Fsp3) is 0.500. The summed E-state index contributed by atoms with van der Waals surface area (Å²) in [5.74, 6) is 1.12. The minimum atomic E-state index is 0.483. The van der Waals surface area contributed by atoms with Crippen LogP contribution in [0.4, 0.5) is 0 Å². The first-order valence-corrected chi connectivity index (χ1v) is 5.03. The second kappa shape index (κ2) is 6.62. The van der Waals surface area contributed by atoms with Crippen molar-refractivity contribution in [1.29, 1.82) is 0 Å². The fourth-order valence-electron chi connectivity index (χ4n) is 0.955. The quantitative estimate of drug-likeness (QED) is 0.539. The molecule has 0 radical (unpaired) electrons. The molecule has 3 nitrogen and oxygen atoms in total. The minimum Gasteiger partial charge on any atom is -0.478 e. The number of nitrogens with zero attached hydrogens (tertiary/aromatic N) is 1. The number of halogens is 1. The molecule has 14 heavy (non-hydrogen) atoms. The van der Waals surface area contributed by atoms with Gasteiger partial charge in [0.25, 0.3) is 0 Å². The van der Waals surface area contributed by atoms with Gasteiger partial charge in [0.05, 0.1) is 6.61 Å². The van der Waals surface area contributed by atoms with Gasteiger partial charge < -0.3 is 9.47 Å². The molecule has 0 bridgehead atoms. The largest absolute Gasteiger partial charge is 0.478 e. The molecule has 0 amide bonds. The molecule has 0 aromatic carbocycles. The van der Waals surface area contributed by atoms with E-state index >= 15 is 0 Å². The van der Waals surface area contributed by atoms with Gasteiger partial charge in [-0.1, -0.05) is 6.07 Å². The van der Waals surface area contributed by atoms with Gasteiger partial charge in [0, 0.05) is 38.3 Å². The van der Waals surface area contributed by atoms with Crippen molar-refractivity contribution in [2.24, 2.45) is 0 Å². The first-order chi connectivity index (χ1) is 6.86. The van der Waals surface area contributed by atoms with Crippen molar-refractivity contribution < 1.29 is 9.47 Å². The van der Waals surface area contributed by atoms with Crippen LogP contribution in [0.1, 0.15) is 12.0 Å². The molecule has 0 saturated carbocycles. The van der Waals surface area contributed by atoms with Crippen molar-refractivity contribution in [2.75, 3.05) is 20.3 Å². The molecule has 4 heteroatoms. The van der Waals surface area contributed by atoms with Crippen LogP contribution in [0.3, 0.4) is 0 Å². The Balaban J connectivity index is 2.29. The Morgan fingerprint density at radius 1 is 1.36 bits per heavy atom. The highest BCUT2D eigenvalue weighted by atomic mass is 35.5. The summed E-state index contributed by atoms with van der Waals surface area (Å²) in [4.78, 5) is 4.10. The minimum absolute atomic E-state index is 0.483. The van der Waals surface area contributed by atoms with E-state index in [1.165, 1.54) is 0 Å². The SMILES string of the molecule is COCCCOc1ccc(CCl)cn1. The summed E-state index contributed by atoms with van der Waals surface area (Å²) >= 11 is 5.63. The highest BCUT2D eigenvalue weighted by molar-refractivity contribution is 6.17. The lowest BCUT2D eigenvalue weighted by molar-refractivity contribution is 0.170. The normalized spacial score (nSPS) is 10.1. The maximum absolute atomic E-state index is 5.63. The highest BCUT2D eigenvalue weighted by Crippen LogP contribution is 2.09. The number of aromatic nitrogens is 1. The number of hydrogen-bond acceptors (Lipinski definition) is 3. The molecule has 0 spiro atoms. The summed E-state index contributed by atoms with van der Waals surface area (Å²) in [6, 6.07) is 3.73. The molecular formula is C10H14ClNO2. The Hall–Kier alpha value is -0.800. The van der Waals surface area contributed by atoms with Crippen molar-refractivity contribution in [3.8, 4) is 5.88 Å². The van der Waals surface area contributed by atoms with Crippen LogP contribution in [-0.2, 0) is 10.6 Å². The van der Waals surface area contributed by atoms with Crippen LogP contribution in [-0.4, -0.2) is 25.3 Å². The molecule has 0 fully saturated rings. The Morgan fingerprint density at radius 2 is 2.21 bits per heavy atom. The summed E-state index contributed by atoms with van der Waals surface area (Å²) < 4.78 is 10.3. The molecule has 0 aliphatic heterocycles. The zero-order chi connectivity index (χ0) is 10.2. The Bertz CT molecular complexity index is 251. The van der Waals surface area contributed by atoms with E-state index in [-0.39, 0.29) is 0 Å². The molecule has 1 rings (SSSR count). The van der Waals surface area contributed by atoms with E-state index in [0.29, 0.717) is 25.0 Å². The van der Waals surface area contributed by atoms with Crippen molar-refractivity contribution in [2.45, 2.75) is 12.3 Å². The second-order valence-corrected chi connectivity index (χ2v) is 3.10. The van der Waals surface area contributed by atoms with Gasteiger partial charge in [-0.25, -0.2) is 4.98 Å². The smallest absolute Gasteiger partial charge is 0.213 e. The van der Waals surface area contributed by atoms with Crippen molar-refractivity contribution in [3.05, 3.63) is 23.9 Å². The van der Waals surface area contributed by atoms with Gasteiger partial charge in [-0.15, -0.1) is 11.6 Å². The molecule has 1 heterocycles. The summed E-state index contributed by atoms with van der Waals surface area (Å²) in [5, 5.41) is 0. The van der Waals surface area contributed by atoms with E-state index in [1.54, 1.807) is 13.3 Å². The van der Waals surface area contributed by atoms with E-state index in [1.807, 2.05) is 12.1 Å². The van der Waals surface area contributed by atoms with Crippen LogP contribution in [0.25, 0.3) is 0 Å². The van der Waals surface area contributed by atoms with Gasteiger partial charge in [-0.3, -0.25) is 0 Å². The van der Waals surface area contributed by atoms with E-state index in [4.69, 9.17) is 21.1 Å². The number of ether oxygens (including phenoxy) is 2. The summed E-state index contributed by atoms with van der Waals surface area (Å²) in [6.45, 7) is 1.33. The van der Waals surface area contributed by atoms with E-state index in [0.717, 1.165) is 12.0 Å².